The zero-order valence-electron chi connectivity index (χ0n) is 10.1. The van der Waals surface area contributed by atoms with Gasteiger partial charge in [-0.2, -0.15) is 8.42 Å². The maximum absolute atomic E-state index is 10.8. The van der Waals surface area contributed by atoms with Crippen molar-refractivity contribution < 1.29 is 21.4 Å². The third-order valence-electron chi connectivity index (χ3n) is 2.58. The molecule has 0 saturated heterocycles. The Morgan fingerprint density at radius 3 is 1.89 bits per heavy atom. The molecule has 0 atom stereocenters. The molecule has 0 aromatic heterocycles. The Labute approximate surface area is 112 Å². The molecule has 0 radical (unpaired) electrons. The highest BCUT2D eigenvalue weighted by atomic mass is 32.2. The van der Waals surface area contributed by atoms with Crippen LogP contribution in [0.5, 0.6) is 0 Å². The van der Waals surface area contributed by atoms with Crippen LogP contribution >= 0.6 is 0 Å². The molecule has 7 nitrogen and oxygen atoms in total. The van der Waals surface area contributed by atoms with E-state index >= 15 is 0 Å². The number of nitrogens with two attached hydrogens (primary N) is 2. The summed E-state index contributed by atoms with van der Waals surface area (Å²) in [5, 5.41) is 4.76. The number of rotatable bonds is 2. The average molecular weight is 308 g/mol. The highest BCUT2D eigenvalue weighted by Crippen LogP contribution is 2.14. The minimum absolute atomic E-state index is 0.368. The Morgan fingerprint density at radius 2 is 1.58 bits per heavy atom. The smallest absolute Gasteiger partial charge is 0.294 e. The van der Waals surface area contributed by atoms with Gasteiger partial charge in [-0.15, -0.1) is 0 Å². The summed E-state index contributed by atoms with van der Waals surface area (Å²) in [6.45, 7) is 0. The number of hydrogen-bond acceptors (Lipinski definition) is 5. The predicted octanol–water partition coefficient (Wildman–Crippen LogP) is 0.0783. The first kappa shape index (κ1) is 16.1. The summed E-state index contributed by atoms with van der Waals surface area (Å²) in [7, 11) is -8.37. The van der Waals surface area contributed by atoms with Gasteiger partial charge in [-0.3, -0.25) is 4.55 Å². The number of benzene rings is 1. The molecule has 0 amide bonds. The van der Waals surface area contributed by atoms with Crippen molar-refractivity contribution in [3.8, 4) is 0 Å². The fraction of sp³-hybridized carbons (Fsp3) is 0.400. The monoisotopic (exact) mass is 308 g/mol. The number of sulfonamides is 1. The van der Waals surface area contributed by atoms with Gasteiger partial charge in [-0.1, -0.05) is 12.5 Å². The molecule has 0 aliphatic heterocycles. The Bertz CT molecular complexity index is 588. The van der Waals surface area contributed by atoms with Crippen molar-refractivity contribution in [3.05, 3.63) is 24.3 Å². The molecular formula is C10H16N2O5S2. The maximum Gasteiger partial charge on any atom is 0.294 e. The maximum atomic E-state index is 10.8. The summed E-state index contributed by atoms with van der Waals surface area (Å²) in [5.74, 6) is 0. The van der Waals surface area contributed by atoms with Crippen LogP contribution in [-0.4, -0.2) is 27.4 Å². The normalized spacial score (nSPS) is 16.2. The molecule has 1 aliphatic carbocycles. The van der Waals surface area contributed by atoms with Crippen LogP contribution in [0.1, 0.15) is 19.3 Å². The topological polar surface area (TPSA) is 141 Å². The highest BCUT2D eigenvalue weighted by Gasteiger charge is 2.14. The summed E-state index contributed by atoms with van der Waals surface area (Å²) in [5.41, 5.74) is 5.38. The molecule has 1 aromatic rings. The summed E-state index contributed by atoms with van der Waals surface area (Å²) in [4.78, 5) is -0.878. The molecule has 1 aromatic carbocycles. The van der Waals surface area contributed by atoms with E-state index in [1.54, 1.807) is 0 Å². The van der Waals surface area contributed by atoms with Gasteiger partial charge in [-0.05, 0) is 31.0 Å². The molecular weight excluding hydrogens is 292 g/mol. The average Bonchev–Trinajstić information content (AvgIpc) is 2.25. The van der Waals surface area contributed by atoms with Crippen LogP contribution in [0.25, 0.3) is 0 Å². The van der Waals surface area contributed by atoms with E-state index in [0.29, 0.717) is 6.04 Å². The Morgan fingerprint density at radius 1 is 1.11 bits per heavy atom. The lowest BCUT2D eigenvalue weighted by atomic mass is 9.95. The van der Waals surface area contributed by atoms with Gasteiger partial charge < -0.3 is 5.73 Å². The van der Waals surface area contributed by atoms with E-state index in [1.807, 2.05) is 0 Å². The van der Waals surface area contributed by atoms with Gasteiger partial charge in [0.05, 0.1) is 9.79 Å². The van der Waals surface area contributed by atoms with Crippen LogP contribution in [0.3, 0.4) is 0 Å². The fourth-order valence-corrected chi connectivity index (χ4v) is 2.41. The number of primary sulfonamides is 1. The van der Waals surface area contributed by atoms with Gasteiger partial charge >= 0.3 is 0 Å². The van der Waals surface area contributed by atoms with Crippen molar-refractivity contribution in [2.75, 3.05) is 0 Å². The molecule has 0 spiro atoms. The van der Waals surface area contributed by atoms with Crippen LogP contribution in [0.15, 0.2) is 34.1 Å². The summed E-state index contributed by atoms with van der Waals surface area (Å²) >= 11 is 0. The highest BCUT2D eigenvalue weighted by molar-refractivity contribution is 7.89. The first-order chi connectivity index (χ1) is 8.60. The third kappa shape index (κ3) is 5.25. The molecule has 108 valence electrons. The molecule has 5 N–H and O–H groups in total. The van der Waals surface area contributed by atoms with Gasteiger partial charge in [0.1, 0.15) is 0 Å². The predicted molar refractivity (Wildman–Crippen MR) is 69.5 cm³/mol. The van der Waals surface area contributed by atoms with Gasteiger partial charge in [0.15, 0.2) is 0 Å². The van der Waals surface area contributed by atoms with Gasteiger partial charge in [-0.25, -0.2) is 13.6 Å². The van der Waals surface area contributed by atoms with E-state index in [2.05, 4.69) is 0 Å². The van der Waals surface area contributed by atoms with Gasteiger partial charge in [0, 0.05) is 6.04 Å². The molecule has 1 fully saturated rings. The molecule has 0 unspecified atom stereocenters. The van der Waals surface area contributed by atoms with E-state index in [1.165, 1.54) is 25.3 Å². The first-order valence-corrected chi connectivity index (χ1v) is 8.45. The van der Waals surface area contributed by atoms with Crippen molar-refractivity contribution >= 4 is 20.1 Å². The van der Waals surface area contributed by atoms with Crippen molar-refractivity contribution in [1.29, 1.82) is 0 Å². The summed E-state index contributed by atoms with van der Waals surface area (Å²) in [6, 6.07) is 4.71. The van der Waals surface area contributed by atoms with Crippen molar-refractivity contribution in [2.24, 2.45) is 10.9 Å². The quantitative estimate of drug-likeness (QED) is 0.661. The molecule has 2 rings (SSSR count). The largest absolute Gasteiger partial charge is 0.328 e. The van der Waals surface area contributed by atoms with Crippen LogP contribution in [0.4, 0.5) is 0 Å². The van der Waals surface area contributed by atoms with Crippen LogP contribution < -0.4 is 10.9 Å². The Kier molecular flexibility index (Phi) is 5.04. The summed E-state index contributed by atoms with van der Waals surface area (Å²) in [6.07, 6.45) is 3.89. The zero-order chi connectivity index (χ0) is 14.7. The Hall–Kier alpha value is -1.00. The van der Waals surface area contributed by atoms with Crippen LogP contribution in [-0.2, 0) is 20.1 Å². The molecule has 0 bridgehead atoms. The lowest BCUT2D eigenvalue weighted by molar-refractivity contribution is 0.418. The fourth-order valence-electron chi connectivity index (χ4n) is 1.25. The minimum atomic E-state index is -4.41. The zero-order valence-corrected chi connectivity index (χ0v) is 11.7. The molecule has 0 heterocycles. The summed E-state index contributed by atoms with van der Waals surface area (Å²) < 4.78 is 51.5. The minimum Gasteiger partial charge on any atom is -0.328 e. The van der Waals surface area contributed by atoms with E-state index < -0.39 is 25.0 Å². The number of hydrogen-bond donors (Lipinski definition) is 3. The molecule has 19 heavy (non-hydrogen) atoms. The Balaban J connectivity index is 0.000000300. The van der Waals surface area contributed by atoms with E-state index in [9.17, 15) is 16.8 Å². The second-order valence-corrected chi connectivity index (χ2v) is 7.17. The molecule has 9 heteroatoms. The van der Waals surface area contributed by atoms with Gasteiger partial charge in [0.25, 0.3) is 10.1 Å². The SMILES string of the molecule is NC1CCC1.NS(=O)(=O)c1cccc(S(=O)(=O)O)c1. The van der Waals surface area contributed by atoms with Crippen LogP contribution in [0.2, 0.25) is 0 Å². The lowest BCUT2D eigenvalue weighted by Crippen LogP contribution is -2.27. The third-order valence-corrected chi connectivity index (χ3v) is 4.34. The van der Waals surface area contributed by atoms with Crippen molar-refractivity contribution in [1.82, 2.24) is 0 Å². The van der Waals surface area contributed by atoms with E-state index in [4.69, 9.17) is 15.4 Å². The van der Waals surface area contributed by atoms with Crippen molar-refractivity contribution in [2.45, 2.75) is 35.1 Å². The molecule has 1 saturated carbocycles. The second-order valence-electron chi connectivity index (χ2n) is 4.19. The lowest BCUT2D eigenvalue weighted by Gasteiger charge is -2.18. The van der Waals surface area contributed by atoms with Crippen LogP contribution in [0, 0.1) is 0 Å². The van der Waals surface area contributed by atoms with Crippen molar-refractivity contribution in [3.63, 3.8) is 0 Å². The van der Waals surface area contributed by atoms with E-state index in [-0.39, 0.29) is 4.90 Å². The van der Waals surface area contributed by atoms with Gasteiger partial charge in [0.2, 0.25) is 10.0 Å². The molecule has 1 aliphatic rings. The standard InChI is InChI=1S/C6H7NO5S2.C4H9N/c7-13(8,9)5-2-1-3-6(4-5)14(10,11)12;5-4-2-1-3-4/h1-4H,(H2,7,8,9)(H,10,11,12);4H,1-3,5H2. The van der Waals surface area contributed by atoms with E-state index in [0.717, 1.165) is 18.2 Å². The second kappa shape index (κ2) is 5.97. The first-order valence-electron chi connectivity index (χ1n) is 5.46.